The van der Waals surface area contributed by atoms with Crippen LogP contribution >= 0.6 is 23.3 Å². The molecule has 4 aromatic rings. The van der Waals surface area contributed by atoms with Gasteiger partial charge in [0.15, 0.2) is 5.03 Å². The molecular weight excluding hydrogens is 511 g/mol. The number of amides is 1. The number of aromatic nitrogens is 3. The molecule has 37 heavy (non-hydrogen) atoms. The van der Waals surface area contributed by atoms with Crippen LogP contribution in [0.15, 0.2) is 40.2 Å². The Balaban J connectivity index is 1.54. The van der Waals surface area contributed by atoms with E-state index in [1.807, 2.05) is 37.8 Å². The van der Waals surface area contributed by atoms with Gasteiger partial charge in [-0.05, 0) is 55.7 Å². The highest BCUT2D eigenvalue weighted by Gasteiger charge is 2.25. The van der Waals surface area contributed by atoms with Crippen LogP contribution in [0.3, 0.4) is 0 Å². The molecule has 1 aliphatic heterocycles. The largest absolute Gasteiger partial charge is 0.368 e. The van der Waals surface area contributed by atoms with Crippen molar-refractivity contribution >= 4 is 51.0 Å². The number of nitrogens with zero attached hydrogens (tertiary/aromatic N) is 4. The molecular formula is C26H27FN6O2S2. The number of carbonyl (C=O) groups excluding carboxylic acids is 1. The molecule has 0 aliphatic carbocycles. The van der Waals surface area contributed by atoms with Gasteiger partial charge in [0, 0.05) is 44.6 Å². The van der Waals surface area contributed by atoms with Gasteiger partial charge in [0.05, 0.1) is 22.0 Å². The molecule has 1 amide bonds. The van der Waals surface area contributed by atoms with Gasteiger partial charge in [-0.15, -0.1) is 11.3 Å². The minimum Gasteiger partial charge on any atom is -0.368 e. The zero-order valence-electron chi connectivity index (χ0n) is 21.2. The monoisotopic (exact) mass is 538 g/mol. The van der Waals surface area contributed by atoms with Crippen molar-refractivity contribution in [1.29, 1.82) is 0 Å². The molecule has 1 unspecified atom stereocenters. The molecule has 0 bridgehead atoms. The van der Waals surface area contributed by atoms with Crippen LogP contribution in [0.25, 0.3) is 10.9 Å². The molecule has 0 spiro atoms. The van der Waals surface area contributed by atoms with Gasteiger partial charge in [-0.25, -0.2) is 14.4 Å². The number of aryl methyl sites for hydroxylation is 2. The molecule has 0 radical (unpaired) electrons. The van der Waals surface area contributed by atoms with E-state index in [-0.39, 0.29) is 23.3 Å². The van der Waals surface area contributed by atoms with Crippen LogP contribution in [0.2, 0.25) is 0 Å². The van der Waals surface area contributed by atoms with Gasteiger partial charge < -0.3 is 10.2 Å². The highest BCUT2D eigenvalue weighted by atomic mass is 32.2. The molecule has 11 heteroatoms. The van der Waals surface area contributed by atoms with Crippen LogP contribution in [-0.2, 0) is 24.9 Å². The van der Waals surface area contributed by atoms with Crippen molar-refractivity contribution in [3.63, 3.8) is 0 Å². The lowest BCUT2D eigenvalue weighted by molar-refractivity contribution is -0.117. The molecule has 8 nitrogen and oxygen atoms in total. The van der Waals surface area contributed by atoms with Crippen LogP contribution in [0.5, 0.6) is 0 Å². The molecule has 1 atom stereocenters. The average Bonchev–Trinajstić information content (AvgIpc) is 3.41. The Labute approximate surface area is 222 Å². The standard InChI is InChI=1S/C26H27FN6O2S2/c1-13-8-20(14(2)28-23-24(29-16(4)36-23)37-31-15(3)34)22-21(9-13)25(35)32(5)26(30-22)33-11-17-6-7-19(27)10-18(17)12-33/h6-10,14,28H,11-12H2,1-5H3,(H,31,34). The SMILES string of the molecule is CC(=O)NSc1nc(C)sc1NC(C)c1cc(C)cc2c(=O)n(C)c(N3Cc4ccc(F)cc4C3)nc12. The summed E-state index contributed by atoms with van der Waals surface area (Å²) in [4.78, 5) is 36.4. The molecule has 0 fully saturated rings. The van der Waals surface area contributed by atoms with Crippen molar-refractivity contribution in [3.8, 4) is 0 Å². The number of anilines is 2. The van der Waals surface area contributed by atoms with E-state index in [0.29, 0.717) is 35.0 Å². The predicted molar refractivity (Wildman–Crippen MR) is 147 cm³/mol. The zero-order chi connectivity index (χ0) is 26.4. The maximum Gasteiger partial charge on any atom is 0.262 e. The van der Waals surface area contributed by atoms with Crippen molar-refractivity contribution in [2.75, 3.05) is 10.2 Å². The molecule has 0 saturated heterocycles. The quantitative estimate of drug-likeness (QED) is 0.335. The van der Waals surface area contributed by atoms with Gasteiger partial charge in [0.25, 0.3) is 5.56 Å². The summed E-state index contributed by atoms with van der Waals surface area (Å²) < 4.78 is 18.1. The summed E-state index contributed by atoms with van der Waals surface area (Å²) >= 11 is 2.68. The van der Waals surface area contributed by atoms with E-state index in [2.05, 4.69) is 15.0 Å². The van der Waals surface area contributed by atoms with Crippen LogP contribution < -0.4 is 20.5 Å². The van der Waals surface area contributed by atoms with Crippen LogP contribution in [0, 0.1) is 19.7 Å². The minimum absolute atomic E-state index is 0.130. The van der Waals surface area contributed by atoms with Gasteiger partial charge >= 0.3 is 0 Å². The van der Waals surface area contributed by atoms with Crippen LogP contribution in [0.1, 0.15) is 47.2 Å². The number of nitrogens with one attached hydrogen (secondary N) is 2. The van der Waals surface area contributed by atoms with Gasteiger partial charge in [-0.1, -0.05) is 12.1 Å². The fourth-order valence-electron chi connectivity index (χ4n) is 4.62. The third-order valence-electron chi connectivity index (χ3n) is 6.31. The second-order valence-corrected chi connectivity index (χ2v) is 11.3. The second kappa shape index (κ2) is 9.79. The lowest BCUT2D eigenvalue weighted by Gasteiger charge is -2.22. The Morgan fingerprint density at radius 3 is 2.68 bits per heavy atom. The highest BCUT2D eigenvalue weighted by Crippen LogP contribution is 2.36. The summed E-state index contributed by atoms with van der Waals surface area (Å²) in [5.74, 6) is 0.119. The normalized spacial score (nSPS) is 13.6. The number of hydrogen-bond acceptors (Lipinski definition) is 8. The third kappa shape index (κ3) is 4.93. The summed E-state index contributed by atoms with van der Waals surface area (Å²) in [6.07, 6.45) is 0. The van der Waals surface area contributed by atoms with E-state index in [0.717, 1.165) is 32.3 Å². The molecule has 1 aliphatic rings. The summed E-state index contributed by atoms with van der Waals surface area (Å²) in [6.45, 7) is 8.39. The number of hydrogen-bond donors (Lipinski definition) is 2. The molecule has 3 heterocycles. The van der Waals surface area contributed by atoms with Gasteiger partial charge in [0.2, 0.25) is 11.9 Å². The van der Waals surface area contributed by atoms with Gasteiger partial charge in [0.1, 0.15) is 10.8 Å². The average molecular weight is 539 g/mol. The summed E-state index contributed by atoms with van der Waals surface area (Å²) in [6, 6.07) is 8.51. The van der Waals surface area contributed by atoms with Gasteiger partial charge in [-0.2, -0.15) is 0 Å². The smallest absolute Gasteiger partial charge is 0.262 e. The maximum absolute atomic E-state index is 13.8. The van der Waals surface area contributed by atoms with Crippen molar-refractivity contribution in [1.82, 2.24) is 19.3 Å². The van der Waals surface area contributed by atoms with E-state index in [4.69, 9.17) is 4.98 Å². The Kier molecular flexibility index (Phi) is 6.67. The Bertz CT molecular complexity index is 1600. The topological polar surface area (TPSA) is 92.2 Å². The van der Waals surface area contributed by atoms with E-state index < -0.39 is 0 Å². The van der Waals surface area contributed by atoms with Gasteiger partial charge in [-0.3, -0.25) is 18.9 Å². The van der Waals surface area contributed by atoms with E-state index in [9.17, 15) is 14.0 Å². The Morgan fingerprint density at radius 2 is 1.92 bits per heavy atom. The first-order valence-electron chi connectivity index (χ1n) is 11.8. The van der Waals surface area contributed by atoms with Crippen molar-refractivity contribution in [2.24, 2.45) is 7.05 Å². The van der Waals surface area contributed by atoms with Crippen LogP contribution in [-0.4, -0.2) is 20.4 Å². The maximum atomic E-state index is 13.8. The first-order chi connectivity index (χ1) is 17.6. The van der Waals surface area contributed by atoms with Crippen molar-refractivity contribution in [2.45, 2.75) is 51.9 Å². The number of fused-ring (bicyclic) bond motifs is 2. The Morgan fingerprint density at radius 1 is 1.16 bits per heavy atom. The molecule has 2 N–H and O–H groups in total. The molecule has 192 valence electrons. The van der Waals surface area contributed by atoms with E-state index in [1.54, 1.807) is 23.7 Å². The summed E-state index contributed by atoms with van der Waals surface area (Å²) in [5, 5.41) is 6.45. The number of thiazole rings is 1. The molecule has 5 rings (SSSR count). The van der Waals surface area contributed by atoms with E-state index >= 15 is 0 Å². The number of carbonyl (C=O) groups is 1. The fourth-order valence-corrected chi connectivity index (χ4v) is 6.30. The number of benzene rings is 2. The first-order valence-corrected chi connectivity index (χ1v) is 13.4. The number of halogens is 1. The van der Waals surface area contributed by atoms with Crippen molar-refractivity contribution in [3.05, 3.63) is 73.8 Å². The Hall–Kier alpha value is -3.44. The van der Waals surface area contributed by atoms with E-state index in [1.165, 1.54) is 36.3 Å². The fraction of sp³-hybridized carbons (Fsp3) is 0.308. The first kappa shape index (κ1) is 25.2. The highest BCUT2D eigenvalue weighted by molar-refractivity contribution is 7.98. The molecule has 2 aromatic heterocycles. The van der Waals surface area contributed by atoms with Crippen molar-refractivity contribution < 1.29 is 9.18 Å². The zero-order valence-corrected chi connectivity index (χ0v) is 22.8. The minimum atomic E-state index is -0.270. The molecule has 2 aromatic carbocycles. The van der Waals surface area contributed by atoms with Crippen LogP contribution in [0.4, 0.5) is 15.3 Å². The second-order valence-electron chi connectivity index (χ2n) is 9.29. The number of rotatable bonds is 6. The predicted octanol–water partition coefficient (Wildman–Crippen LogP) is 4.98. The molecule has 0 saturated carbocycles. The third-order valence-corrected chi connectivity index (χ3v) is 8.22. The lowest BCUT2D eigenvalue weighted by atomic mass is 10.0. The lowest BCUT2D eigenvalue weighted by Crippen LogP contribution is -2.28. The summed E-state index contributed by atoms with van der Waals surface area (Å²) in [5.41, 5.74) is 4.27. The summed E-state index contributed by atoms with van der Waals surface area (Å²) in [7, 11) is 1.73.